The Hall–Kier alpha value is -1.51. The molecule has 110 valence electrons. The first-order chi connectivity index (χ1) is 10.1. The van der Waals surface area contributed by atoms with Crippen LogP contribution < -0.4 is 10.6 Å². The van der Waals surface area contributed by atoms with E-state index in [0.717, 1.165) is 29.1 Å². The van der Waals surface area contributed by atoms with Crippen molar-refractivity contribution in [3.05, 3.63) is 58.6 Å². The Morgan fingerprint density at radius 1 is 1.19 bits per heavy atom. The van der Waals surface area contributed by atoms with Crippen LogP contribution in [0.4, 0.5) is 11.4 Å². The Kier molecular flexibility index (Phi) is 3.92. The van der Waals surface area contributed by atoms with Gasteiger partial charge in [-0.05, 0) is 56.0 Å². The summed E-state index contributed by atoms with van der Waals surface area (Å²) in [6.07, 6.45) is 2.27. The SMILES string of the molecule is CC1CCc2ccccc2N1c1ccc([C@H](C)N)cc1Cl. The monoisotopic (exact) mass is 300 g/mol. The van der Waals surface area contributed by atoms with Gasteiger partial charge < -0.3 is 10.6 Å². The van der Waals surface area contributed by atoms with Gasteiger partial charge in [-0.25, -0.2) is 0 Å². The van der Waals surface area contributed by atoms with Gasteiger partial charge in [0.05, 0.1) is 10.7 Å². The highest BCUT2D eigenvalue weighted by Gasteiger charge is 2.25. The van der Waals surface area contributed by atoms with Crippen LogP contribution in [0, 0.1) is 0 Å². The Bertz CT molecular complexity index is 651. The number of hydrogen-bond acceptors (Lipinski definition) is 2. The predicted octanol–water partition coefficient (Wildman–Crippen LogP) is 4.83. The zero-order chi connectivity index (χ0) is 15.0. The number of hydrogen-bond donors (Lipinski definition) is 1. The van der Waals surface area contributed by atoms with Gasteiger partial charge in [0.1, 0.15) is 0 Å². The third-order valence-corrected chi connectivity index (χ3v) is 4.58. The molecule has 2 nitrogen and oxygen atoms in total. The van der Waals surface area contributed by atoms with Crippen molar-refractivity contribution in [2.45, 2.75) is 38.8 Å². The summed E-state index contributed by atoms with van der Waals surface area (Å²) in [5, 5.41) is 0.772. The van der Waals surface area contributed by atoms with E-state index in [1.807, 2.05) is 13.0 Å². The summed E-state index contributed by atoms with van der Waals surface area (Å²) in [5.74, 6) is 0. The number of para-hydroxylation sites is 1. The van der Waals surface area contributed by atoms with Crippen LogP contribution in [-0.2, 0) is 6.42 Å². The third-order valence-electron chi connectivity index (χ3n) is 4.28. The number of aryl methyl sites for hydroxylation is 1. The fraction of sp³-hybridized carbons (Fsp3) is 0.333. The molecule has 0 saturated heterocycles. The van der Waals surface area contributed by atoms with Crippen LogP contribution in [0.3, 0.4) is 0 Å². The molecule has 0 spiro atoms. The number of anilines is 2. The molecule has 0 aromatic heterocycles. The average Bonchev–Trinajstić information content (AvgIpc) is 2.48. The lowest BCUT2D eigenvalue weighted by Gasteiger charge is -2.37. The molecule has 0 saturated carbocycles. The molecule has 0 amide bonds. The van der Waals surface area contributed by atoms with E-state index in [1.165, 1.54) is 11.3 Å². The third kappa shape index (κ3) is 2.66. The molecule has 0 bridgehead atoms. The zero-order valence-corrected chi connectivity index (χ0v) is 13.3. The van der Waals surface area contributed by atoms with Gasteiger partial charge in [-0.2, -0.15) is 0 Å². The summed E-state index contributed by atoms with van der Waals surface area (Å²) in [5.41, 5.74) is 10.7. The van der Waals surface area contributed by atoms with Crippen LogP contribution >= 0.6 is 11.6 Å². The first kappa shape index (κ1) is 14.4. The van der Waals surface area contributed by atoms with E-state index in [1.54, 1.807) is 0 Å². The van der Waals surface area contributed by atoms with Gasteiger partial charge in [0.15, 0.2) is 0 Å². The highest BCUT2D eigenvalue weighted by atomic mass is 35.5. The zero-order valence-electron chi connectivity index (χ0n) is 12.5. The van der Waals surface area contributed by atoms with Crippen LogP contribution in [0.2, 0.25) is 5.02 Å². The van der Waals surface area contributed by atoms with Crippen molar-refractivity contribution in [1.82, 2.24) is 0 Å². The summed E-state index contributed by atoms with van der Waals surface area (Å²) in [7, 11) is 0. The van der Waals surface area contributed by atoms with Gasteiger partial charge >= 0.3 is 0 Å². The van der Waals surface area contributed by atoms with Crippen LogP contribution in [0.1, 0.15) is 37.4 Å². The molecular formula is C18H21ClN2. The molecule has 0 radical (unpaired) electrons. The minimum absolute atomic E-state index is 0.00242. The molecule has 1 heterocycles. The fourth-order valence-corrected chi connectivity index (χ4v) is 3.34. The van der Waals surface area contributed by atoms with Gasteiger partial charge in [0, 0.05) is 17.8 Å². The molecule has 1 aliphatic heterocycles. The first-order valence-electron chi connectivity index (χ1n) is 7.50. The van der Waals surface area contributed by atoms with E-state index >= 15 is 0 Å². The molecule has 2 N–H and O–H groups in total. The smallest absolute Gasteiger partial charge is 0.0646 e. The summed E-state index contributed by atoms with van der Waals surface area (Å²) in [4.78, 5) is 2.35. The second kappa shape index (κ2) is 5.70. The van der Waals surface area contributed by atoms with Crippen molar-refractivity contribution in [2.75, 3.05) is 4.90 Å². The molecule has 0 aliphatic carbocycles. The van der Waals surface area contributed by atoms with E-state index < -0.39 is 0 Å². The van der Waals surface area contributed by atoms with Crippen molar-refractivity contribution in [3.8, 4) is 0 Å². The minimum Gasteiger partial charge on any atom is -0.337 e. The van der Waals surface area contributed by atoms with E-state index in [2.05, 4.69) is 48.2 Å². The summed E-state index contributed by atoms with van der Waals surface area (Å²) >= 11 is 6.54. The Balaban J connectivity index is 2.07. The van der Waals surface area contributed by atoms with Gasteiger partial charge in [-0.3, -0.25) is 0 Å². The number of nitrogens with zero attached hydrogens (tertiary/aromatic N) is 1. The lowest BCUT2D eigenvalue weighted by Crippen LogP contribution is -2.33. The molecular weight excluding hydrogens is 280 g/mol. The number of halogens is 1. The maximum atomic E-state index is 6.54. The van der Waals surface area contributed by atoms with E-state index in [0.29, 0.717) is 6.04 Å². The Labute approximate surface area is 131 Å². The lowest BCUT2D eigenvalue weighted by atomic mass is 9.95. The van der Waals surface area contributed by atoms with Crippen LogP contribution in [0.5, 0.6) is 0 Å². The summed E-state index contributed by atoms with van der Waals surface area (Å²) in [6, 6.07) is 15.2. The second-order valence-corrected chi connectivity index (χ2v) is 6.29. The predicted molar refractivity (Wildman–Crippen MR) is 90.4 cm³/mol. The van der Waals surface area contributed by atoms with Gasteiger partial charge in [-0.1, -0.05) is 35.9 Å². The number of benzene rings is 2. The number of rotatable bonds is 2. The van der Waals surface area contributed by atoms with Crippen molar-refractivity contribution in [2.24, 2.45) is 5.73 Å². The summed E-state index contributed by atoms with van der Waals surface area (Å²) < 4.78 is 0. The Morgan fingerprint density at radius 3 is 2.67 bits per heavy atom. The number of nitrogens with two attached hydrogens (primary N) is 1. The second-order valence-electron chi connectivity index (χ2n) is 5.89. The molecule has 21 heavy (non-hydrogen) atoms. The molecule has 1 aliphatic rings. The van der Waals surface area contributed by atoms with Gasteiger partial charge in [0.2, 0.25) is 0 Å². The van der Waals surface area contributed by atoms with Crippen molar-refractivity contribution in [3.63, 3.8) is 0 Å². The van der Waals surface area contributed by atoms with E-state index in [4.69, 9.17) is 17.3 Å². The highest BCUT2D eigenvalue weighted by molar-refractivity contribution is 6.33. The molecule has 0 fully saturated rings. The normalized spacial score (nSPS) is 19.2. The molecule has 2 aromatic carbocycles. The Morgan fingerprint density at radius 2 is 1.95 bits per heavy atom. The minimum atomic E-state index is 0.00242. The topological polar surface area (TPSA) is 29.3 Å². The molecule has 2 aromatic rings. The van der Waals surface area contributed by atoms with Crippen LogP contribution in [-0.4, -0.2) is 6.04 Å². The van der Waals surface area contributed by atoms with Crippen LogP contribution in [0.25, 0.3) is 0 Å². The first-order valence-corrected chi connectivity index (χ1v) is 7.88. The molecule has 2 atom stereocenters. The van der Waals surface area contributed by atoms with Crippen molar-refractivity contribution < 1.29 is 0 Å². The lowest BCUT2D eigenvalue weighted by molar-refractivity contribution is 0.618. The molecule has 3 rings (SSSR count). The molecule has 1 unspecified atom stereocenters. The fourth-order valence-electron chi connectivity index (χ4n) is 3.06. The van der Waals surface area contributed by atoms with Crippen molar-refractivity contribution >= 4 is 23.0 Å². The standard InChI is InChI=1S/C18H21ClN2/c1-12-7-8-14-5-3-4-6-17(14)21(12)18-10-9-15(13(2)20)11-16(18)19/h3-6,9-13H,7-8,20H2,1-2H3/t12?,13-/m0/s1. The summed E-state index contributed by atoms with van der Waals surface area (Å²) in [6.45, 7) is 4.23. The van der Waals surface area contributed by atoms with Gasteiger partial charge in [0.25, 0.3) is 0 Å². The van der Waals surface area contributed by atoms with E-state index in [9.17, 15) is 0 Å². The van der Waals surface area contributed by atoms with Crippen molar-refractivity contribution in [1.29, 1.82) is 0 Å². The molecule has 3 heteroatoms. The highest BCUT2D eigenvalue weighted by Crippen LogP contribution is 2.40. The maximum Gasteiger partial charge on any atom is 0.0646 e. The largest absolute Gasteiger partial charge is 0.337 e. The average molecular weight is 301 g/mol. The maximum absolute atomic E-state index is 6.54. The van der Waals surface area contributed by atoms with Crippen LogP contribution in [0.15, 0.2) is 42.5 Å². The number of fused-ring (bicyclic) bond motifs is 1. The van der Waals surface area contributed by atoms with E-state index in [-0.39, 0.29) is 6.04 Å². The van der Waals surface area contributed by atoms with Gasteiger partial charge in [-0.15, -0.1) is 0 Å². The quantitative estimate of drug-likeness (QED) is 0.860.